The van der Waals surface area contributed by atoms with Crippen molar-refractivity contribution in [3.8, 4) is 17.2 Å². The minimum atomic E-state index is -3.60. The maximum Gasteiger partial charge on any atom is 0.240 e. The first-order chi connectivity index (χ1) is 15.4. The average Bonchev–Trinajstić information content (AvgIpc) is 3.31. The standard InChI is InChI=1S/C24H28N2O5S/c1-5-11-25-32(27,28)16-9-10-20-19(14-16)17-7-6-8-18(17)23(26-20)15-12-21(29-2)24(31-4)22(13-15)30-3/h5-7,9-10,12-14,17-18,23,25-26H,1,8,11H2,2-4H3. The second-order valence-corrected chi connectivity index (χ2v) is 9.59. The number of ether oxygens (including phenoxy) is 3. The van der Waals surface area contributed by atoms with Gasteiger partial charge >= 0.3 is 0 Å². The van der Waals surface area contributed by atoms with Gasteiger partial charge in [0.25, 0.3) is 0 Å². The molecule has 0 spiro atoms. The predicted molar refractivity (Wildman–Crippen MR) is 124 cm³/mol. The van der Waals surface area contributed by atoms with E-state index < -0.39 is 10.0 Å². The Morgan fingerprint density at radius 2 is 1.84 bits per heavy atom. The number of methoxy groups -OCH3 is 3. The Kier molecular flexibility index (Phi) is 6.17. The van der Waals surface area contributed by atoms with Crippen LogP contribution >= 0.6 is 0 Å². The van der Waals surface area contributed by atoms with E-state index in [2.05, 4.69) is 28.8 Å². The van der Waals surface area contributed by atoms with Crippen molar-refractivity contribution in [1.29, 1.82) is 0 Å². The first kappa shape index (κ1) is 22.2. The van der Waals surface area contributed by atoms with E-state index in [4.69, 9.17) is 14.2 Å². The summed E-state index contributed by atoms with van der Waals surface area (Å²) < 4.78 is 44.3. The summed E-state index contributed by atoms with van der Waals surface area (Å²) in [6.45, 7) is 3.76. The van der Waals surface area contributed by atoms with Crippen LogP contribution in [0.3, 0.4) is 0 Å². The van der Waals surface area contributed by atoms with Gasteiger partial charge in [-0.1, -0.05) is 18.2 Å². The van der Waals surface area contributed by atoms with Gasteiger partial charge in [0.05, 0.1) is 32.3 Å². The van der Waals surface area contributed by atoms with Gasteiger partial charge in [-0.05, 0) is 53.8 Å². The summed E-state index contributed by atoms with van der Waals surface area (Å²) in [4.78, 5) is 0.255. The summed E-state index contributed by atoms with van der Waals surface area (Å²) >= 11 is 0. The number of hydrogen-bond donors (Lipinski definition) is 2. The van der Waals surface area contributed by atoms with E-state index in [0.717, 1.165) is 23.2 Å². The van der Waals surface area contributed by atoms with Gasteiger partial charge in [0.2, 0.25) is 15.8 Å². The van der Waals surface area contributed by atoms with E-state index in [0.29, 0.717) is 17.2 Å². The number of anilines is 1. The quantitative estimate of drug-likeness (QED) is 0.584. The maximum absolute atomic E-state index is 12.6. The smallest absolute Gasteiger partial charge is 0.240 e. The fourth-order valence-electron chi connectivity index (χ4n) is 4.60. The highest BCUT2D eigenvalue weighted by Gasteiger charge is 2.39. The Morgan fingerprint density at radius 3 is 2.47 bits per heavy atom. The van der Waals surface area contributed by atoms with Crippen molar-refractivity contribution in [2.45, 2.75) is 23.3 Å². The fourth-order valence-corrected chi connectivity index (χ4v) is 5.64. The summed E-state index contributed by atoms with van der Waals surface area (Å²) in [6, 6.07) is 9.17. The molecule has 0 saturated heterocycles. The topological polar surface area (TPSA) is 85.9 Å². The molecule has 0 bridgehead atoms. The molecule has 2 aliphatic rings. The van der Waals surface area contributed by atoms with Crippen LogP contribution < -0.4 is 24.2 Å². The highest BCUT2D eigenvalue weighted by Crippen LogP contribution is 2.52. The Hall–Kier alpha value is -2.97. The summed E-state index contributed by atoms with van der Waals surface area (Å²) in [6.07, 6.45) is 6.73. The SMILES string of the molecule is C=CCNS(=O)(=O)c1ccc2c(c1)C1C=CCC1C(c1cc(OC)c(OC)c(OC)c1)N2. The number of rotatable bonds is 8. The van der Waals surface area contributed by atoms with Crippen molar-refractivity contribution in [3.63, 3.8) is 0 Å². The monoisotopic (exact) mass is 456 g/mol. The van der Waals surface area contributed by atoms with Gasteiger partial charge in [0, 0.05) is 18.2 Å². The van der Waals surface area contributed by atoms with Gasteiger partial charge in [0.15, 0.2) is 11.5 Å². The summed E-state index contributed by atoms with van der Waals surface area (Å²) in [5, 5.41) is 3.62. The Bertz CT molecular complexity index is 1130. The minimum Gasteiger partial charge on any atom is -0.493 e. The highest BCUT2D eigenvalue weighted by atomic mass is 32.2. The number of fused-ring (bicyclic) bond motifs is 3. The predicted octanol–water partition coefficient (Wildman–Crippen LogP) is 4.00. The molecular weight excluding hydrogens is 428 g/mol. The number of allylic oxidation sites excluding steroid dienone is 2. The van der Waals surface area contributed by atoms with Crippen molar-refractivity contribution in [3.05, 3.63) is 66.3 Å². The van der Waals surface area contributed by atoms with Crippen LogP contribution in [0.15, 0.2) is 60.0 Å². The van der Waals surface area contributed by atoms with E-state index in [9.17, 15) is 8.42 Å². The first-order valence-corrected chi connectivity index (χ1v) is 11.9. The molecule has 2 aromatic carbocycles. The zero-order valence-electron chi connectivity index (χ0n) is 18.4. The van der Waals surface area contributed by atoms with Crippen LogP contribution in [0.2, 0.25) is 0 Å². The molecular formula is C24H28N2O5S. The Balaban J connectivity index is 1.75. The molecule has 0 fully saturated rings. The van der Waals surface area contributed by atoms with E-state index in [1.54, 1.807) is 33.5 Å². The third-order valence-electron chi connectivity index (χ3n) is 6.11. The molecule has 1 aliphatic carbocycles. The van der Waals surface area contributed by atoms with Crippen molar-refractivity contribution >= 4 is 15.7 Å². The van der Waals surface area contributed by atoms with Crippen molar-refractivity contribution < 1.29 is 22.6 Å². The summed E-state index contributed by atoms with van der Waals surface area (Å²) in [5.41, 5.74) is 2.92. The van der Waals surface area contributed by atoms with E-state index in [1.807, 2.05) is 18.2 Å². The molecule has 8 heteroatoms. The number of hydrogen-bond acceptors (Lipinski definition) is 6. The molecule has 4 rings (SSSR count). The molecule has 0 saturated carbocycles. The Morgan fingerprint density at radius 1 is 1.12 bits per heavy atom. The Labute approximate surface area is 189 Å². The van der Waals surface area contributed by atoms with Crippen LogP contribution in [-0.4, -0.2) is 36.3 Å². The molecule has 0 amide bonds. The largest absolute Gasteiger partial charge is 0.493 e. The van der Waals surface area contributed by atoms with Gasteiger partial charge in [-0.2, -0.15) is 0 Å². The lowest BCUT2D eigenvalue weighted by Crippen LogP contribution is -2.30. The fraction of sp³-hybridized carbons (Fsp3) is 0.333. The third-order valence-corrected chi connectivity index (χ3v) is 7.53. The molecule has 170 valence electrons. The van der Waals surface area contributed by atoms with E-state index in [1.165, 1.54) is 6.08 Å². The van der Waals surface area contributed by atoms with Gasteiger partial charge in [0.1, 0.15) is 0 Å². The molecule has 1 aliphatic heterocycles. The minimum absolute atomic E-state index is 0.00226. The van der Waals surface area contributed by atoms with Crippen LogP contribution in [0.5, 0.6) is 17.2 Å². The molecule has 1 heterocycles. The number of benzene rings is 2. The van der Waals surface area contributed by atoms with Crippen molar-refractivity contribution in [1.82, 2.24) is 4.72 Å². The van der Waals surface area contributed by atoms with Gasteiger partial charge in [-0.25, -0.2) is 13.1 Å². The molecule has 3 unspecified atom stereocenters. The average molecular weight is 457 g/mol. The molecule has 3 atom stereocenters. The zero-order chi connectivity index (χ0) is 22.9. The second-order valence-electron chi connectivity index (χ2n) is 7.82. The zero-order valence-corrected chi connectivity index (χ0v) is 19.2. The maximum atomic E-state index is 12.6. The number of sulfonamides is 1. The molecule has 0 aromatic heterocycles. The van der Waals surface area contributed by atoms with Crippen molar-refractivity contribution in [2.75, 3.05) is 33.2 Å². The third kappa shape index (κ3) is 3.84. The molecule has 32 heavy (non-hydrogen) atoms. The second kappa shape index (κ2) is 8.88. The van der Waals surface area contributed by atoms with Gasteiger partial charge < -0.3 is 19.5 Å². The number of nitrogens with one attached hydrogen (secondary N) is 2. The summed E-state index contributed by atoms with van der Waals surface area (Å²) in [7, 11) is 1.20. The first-order valence-electron chi connectivity index (χ1n) is 10.4. The molecule has 0 radical (unpaired) electrons. The lowest BCUT2D eigenvalue weighted by atomic mass is 9.77. The molecule has 2 N–H and O–H groups in total. The summed E-state index contributed by atoms with van der Waals surface area (Å²) in [5.74, 6) is 2.09. The normalized spacial score (nSPS) is 21.3. The van der Waals surface area contributed by atoms with E-state index in [-0.39, 0.29) is 29.3 Å². The lowest BCUT2D eigenvalue weighted by Gasteiger charge is -2.38. The van der Waals surface area contributed by atoms with Crippen molar-refractivity contribution in [2.24, 2.45) is 5.92 Å². The molecule has 7 nitrogen and oxygen atoms in total. The van der Waals surface area contributed by atoms with Crippen LogP contribution in [0, 0.1) is 5.92 Å². The van der Waals surface area contributed by atoms with Gasteiger partial charge in [-0.15, -0.1) is 6.58 Å². The lowest BCUT2D eigenvalue weighted by molar-refractivity contribution is 0.322. The highest BCUT2D eigenvalue weighted by molar-refractivity contribution is 7.89. The van der Waals surface area contributed by atoms with E-state index >= 15 is 0 Å². The van der Waals surface area contributed by atoms with Crippen LogP contribution in [0.4, 0.5) is 5.69 Å². The van der Waals surface area contributed by atoms with Crippen LogP contribution in [0.25, 0.3) is 0 Å². The molecule has 2 aromatic rings. The van der Waals surface area contributed by atoms with Gasteiger partial charge in [-0.3, -0.25) is 0 Å². The van der Waals surface area contributed by atoms with Crippen LogP contribution in [0.1, 0.15) is 29.5 Å². The van der Waals surface area contributed by atoms with Crippen LogP contribution in [-0.2, 0) is 10.0 Å².